The van der Waals surface area contributed by atoms with Crippen LogP contribution in [0, 0.1) is 0 Å². The van der Waals surface area contributed by atoms with Crippen LogP contribution in [0.4, 0.5) is 5.69 Å². The lowest BCUT2D eigenvalue weighted by atomic mass is 10.0. The topological polar surface area (TPSA) is 92.8 Å². The van der Waals surface area contributed by atoms with Crippen LogP contribution < -0.4 is 9.46 Å². The average molecular weight is 493 g/mol. The molecule has 32 heavy (non-hydrogen) atoms. The molecule has 0 amide bonds. The molecule has 0 aliphatic carbocycles. The van der Waals surface area contributed by atoms with Gasteiger partial charge in [-0.15, -0.1) is 11.3 Å². The summed E-state index contributed by atoms with van der Waals surface area (Å²) in [5.41, 5.74) is 3.18. The van der Waals surface area contributed by atoms with Crippen LogP contribution in [0.3, 0.4) is 0 Å². The van der Waals surface area contributed by atoms with Crippen molar-refractivity contribution >= 4 is 37.1 Å². The van der Waals surface area contributed by atoms with Crippen LogP contribution in [0.25, 0.3) is 0 Å². The average Bonchev–Trinajstić information content (AvgIpc) is 3.33. The molecule has 0 unspecified atom stereocenters. The van der Waals surface area contributed by atoms with E-state index in [1.54, 1.807) is 48.9 Å². The zero-order valence-electron chi connectivity index (χ0n) is 17.5. The number of rotatable bonds is 8. The second-order valence-corrected chi connectivity index (χ2v) is 12.5. The molecule has 2 aromatic carbocycles. The minimum Gasteiger partial charge on any atom is -0.497 e. The number of anilines is 1. The van der Waals surface area contributed by atoms with Gasteiger partial charge in [-0.05, 0) is 65.2 Å². The molecular weight excluding hydrogens is 468 g/mol. The standard InChI is InChI=1S/C22H24N2O5S3/c1-29-21-8-4-17(5-9-21)11-14-31(25,26)23-20-7-6-18-10-12-24(16-19(18)15-20)32(27,28)22-3-2-13-30-22/h2-9,13,15,23H,10-12,14,16H2,1H3. The molecule has 3 aromatic rings. The predicted octanol–water partition coefficient (Wildman–Crippen LogP) is 3.49. The third-order valence-corrected chi connectivity index (χ3v) is 9.87. The van der Waals surface area contributed by atoms with Gasteiger partial charge in [-0.1, -0.05) is 24.3 Å². The monoisotopic (exact) mass is 492 g/mol. The highest BCUT2D eigenvalue weighted by Crippen LogP contribution is 2.29. The van der Waals surface area contributed by atoms with E-state index in [1.165, 1.54) is 15.6 Å². The number of benzene rings is 2. The molecule has 0 fully saturated rings. The highest BCUT2D eigenvalue weighted by Gasteiger charge is 2.29. The summed E-state index contributed by atoms with van der Waals surface area (Å²) in [6.07, 6.45) is 0.960. The number of aryl methyl sites for hydroxylation is 1. The number of methoxy groups -OCH3 is 1. The lowest BCUT2D eigenvalue weighted by Gasteiger charge is -2.28. The van der Waals surface area contributed by atoms with Crippen LogP contribution in [0.5, 0.6) is 5.75 Å². The predicted molar refractivity (Wildman–Crippen MR) is 126 cm³/mol. The van der Waals surface area contributed by atoms with Crippen molar-refractivity contribution in [1.82, 2.24) is 4.31 Å². The van der Waals surface area contributed by atoms with Crippen molar-refractivity contribution < 1.29 is 21.6 Å². The van der Waals surface area contributed by atoms with Crippen molar-refractivity contribution in [1.29, 1.82) is 0 Å². The Hall–Kier alpha value is -2.40. The molecule has 0 atom stereocenters. The molecule has 10 heteroatoms. The van der Waals surface area contributed by atoms with E-state index in [4.69, 9.17) is 4.74 Å². The van der Waals surface area contributed by atoms with Crippen molar-refractivity contribution in [3.63, 3.8) is 0 Å². The zero-order chi connectivity index (χ0) is 22.8. The van der Waals surface area contributed by atoms with E-state index in [9.17, 15) is 16.8 Å². The van der Waals surface area contributed by atoms with Crippen molar-refractivity contribution in [3.05, 3.63) is 76.7 Å². The lowest BCUT2D eigenvalue weighted by molar-refractivity contribution is 0.392. The minimum absolute atomic E-state index is 0.0602. The molecule has 1 N–H and O–H groups in total. The van der Waals surface area contributed by atoms with Gasteiger partial charge in [0.05, 0.1) is 12.9 Å². The maximum atomic E-state index is 12.8. The molecule has 0 spiro atoms. The second kappa shape index (κ2) is 9.22. The smallest absolute Gasteiger partial charge is 0.252 e. The molecule has 7 nitrogen and oxygen atoms in total. The van der Waals surface area contributed by atoms with Crippen LogP contribution in [0.2, 0.25) is 0 Å². The van der Waals surface area contributed by atoms with Gasteiger partial charge in [-0.3, -0.25) is 4.72 Å². The fraction of sp³-hybridized carbons (Fsp3) is 0.273. The van der Waals surface area contributed by atoms with Gasteiger partial charge in [0.2, 0.25) is 10.0 Å². The Morgan fingerprint density at radius 1 is 1.03 bits per heavy atom. The molecule has 1 aliphatic rings. The number of ether oxygens (including phenoxy) is 1. The van der Waals surface area contributed by atoms with Crippen LogP contribution in [0.1, 0.15) is 16.7 Å². The quantitative estimate of drug-likeness (QED) is 0.520. The van der Waals surface area contributed by atoms with Gasteiger partial charge in [-0.2, -0.15) is 4.31 Å². The summed E-state index contributed by atoms with van der Waals surface area (Å²) in [5.74, 6) is 0.661. The highest BCUT2D eigenvalue weighted by atomic mass is 32.2. The number of nitrogens with zero attached hydrogens (tertiary/aromatic N) is 1. The summed E-state index contributed by atoms with van der Waals surface area (Å²) >= 11 is 1.19. The number of thiophene rings is 1. The normalized spacial score (nSPS) is 14.7. The van der Waals surface area contributed by atoms with Gasteiger partial charge in [-0.25, -0.2) is 16.8 Å². The molecule has 2 heterocycles. The SMILES string of the molecule is COc1ccc(CCS(=O)(=O)Nc2ccc3c(c2)CN(S(=O)(=O)c2cccs2)CC3)cc1. The summed E-state index contributed by atoms with van der Waals surface area (Å²) in [4.78, 5) is 0. The number of hydrogen-bond acceptors (Lipinski definition) is 6. The van der Waals surface area contributed by atoms with E-state index in [0.29, 0.717) is 29.3 Å². The van der Waals surface area contributed by atoms with E-state index in [1.807, 2.05) is 18.2 Å². The van der Waals surface area contributed by atoms with Gasteiger partial charge in [0, 0.05) is 18.8 Å². The summed E-state index contributed by atoms with van der Waals surface area (Å²) in [5, 5.41) is 1.74. The first-order valence-corrected chi connectivity index (χ1v) is 14.0. The van der Waals surface area contributed by atoms with Crippen LogP contribution in [-0.4, -0.2) is 40.5 Å². The largest absolute Gasteiger partial charge is 0.497 e. The maximum absolute atomic E-state index is 12.8. The van der Waals surface area contributed by atoms with Gasteiger partial charge < -0.3 is 4.74 Å². The Kier molecular flexibility index (Phi) is 6.57. The fourth-order valence-electron chi connectivity index (χ4n) is 3.61. The van der Waals surface area contributed by atoms with Gasteiger partial charge in [0.1, 0.15) is 9.96 Å². The number of fused-ring (bicyclic) bond motifs is 1. The zero-order valence-corrected chi connectivity index (χ0v) is 20.0. The first-order chi connectivity index (χ1) is 15.3. The molecule has 4 rings (SSSR count). The highest BCUT2D eigenvalue weighted by molar-refractivity contribution is 7.92. The Bertz CT molecular complexity index is 1290. The second-order valence-electron chi connectivity index (χ2n) is 7.52. The lowest BCUT2D eigenvalue weighted by Crippen LogP contribution is -2.35. The molecule has 1 aliphatic heterocycles. The Morgan fingerprint density at radius 2 is 1.81 bits per heavy atom. The molecule has 170 valence electrons. The molecule has 0 saturated heterocycles. The first-order valence-electron chi connectivity index (χ1n) is 10.1. The maximum Gasteiger partial charge on any atom is 0.252 e. The van der Waals surface area contributed by atoms with Crippen molar-refractivity contribution in [2.24, 2.45) is 0 Å². The Morgan fingerprint density at radius 3 is 2.50 bits per heavy atom. The summed E-state index contributed by atoms with van der Waals surface area (Å²) in [6.45, 7) is 0.622. The molecular formula is C22H24N2O5S3. The summed E-state index contributed by atoms with van der Waals surface area (Å²) < 4.78 is 60.4. The molecule has 1 aromatic heterocycles. The van der Waals surface area contributed by atoms with Crippen molar-refractivity contribution in [3.8, 4) is 5.75 Å². The minimum atomic E-state index is -3.56. The Labute approximate surface area is 192 Å². The van der Waals surface area contributed by atoms with E-state index < -0.39 is 20.0 Å². The van der Waals surface area contributed by atoms with Crippen LogP contribution >= 0.6 is 11.3 Å². The Balaban J connectivity index is 1.44. The molecule has 0 saturated carbocycles. The number of nitrogens with one attached hydrogen (secondary N) is 1. The van der Waals surface area contributed by atoms with E-state index in [-0.39, 0.29) is 12.3 Å². The summed E-state index contributed by atoms with van der Waals surface area (Å²) in [7, 11) is -5.53. The van der Waals surface area contributed by atoms with Gasteiger partial charge >= 0.3 is 0 Å². The van der Waals surface area contributed by atoms with Crippen molar-refractivity contribution in [2.75, 3.05) is 24.1 Å². The first kappa shape index (κ1) is 22.8. The molecule has 0 radical (unpaired) electrons. The van der Waals surface area contributed by atoms with E-state index in [2.05, 4.69) is 4.72 Å². The summed E-state index contributed by atoms with van der Waals surface area (Å²) in [6, 6.07) is 15.9. The van der Waals surface area contributed by atoms with Gasteiger partial charge in [0.15, 0.2) is 0 Å². The number of hydrogen-bond donors (Lipinski definition) is 1. The van der Waals surface area contributed by atoms with E-state index in [0.717, 1.165) is 22.4 Å². The molecule has 0 bridgehead atoms. The van der Waals surface area contributed by atoms with Gasteiger partial charge in [0.25, 0.3) is 10.0 Å². The third-order valence-electron chi connectivity index (χ3n) is 5.36. The van der Waals surface area contributed by atoms with Crippen LogP contribution in [-0.2, 0) is 39.4 Å². The number of sulfonamides is 2. The third kappa shape index (κ3) is 5.15. The van der Waals surface area contributed by atoms with Crippen molar-refractivity contribution in [2.45, 2.75) is 23.6 Å². The van der Waals surface area contributed by atoms with E-state index >= 15 is 0 Å². The fourth-order valence-corrected chi connectivity index (χ4v) is 7.27. The van der Waals surface area contributed by atoms with Crippen LogP contribution in [0.15, 0.2) is 64.2 Å².